The fourth-order valence-corrected chi connectivity index (χ4v) is 5.26. The van der Waals surface area contributed by atoms with Crippen LogP contribution in [0.15, 0.2) is 54.7 Å². The van der Waals surface area contributed by atoms with Gasteiger partial charge in [0, 0.05) is 11.9 Å². The molecule has 1 aliphatic heterocycles. The highest BCUT2D eigenvalue weighted by atomic mass is 19.4. The summed E-state index contributed by atoms with van der Waals surface area (Å²) in [5.74, 6) is 0.230. The molecule has 1 saturated heterocycles. The minimum Gasteiger partial charge on any atom is -0.369 e. The molecule has 1 aliphatic carbocycles. The third-order valence-corrected chi connectivity index (χ3v) is 7.54. The van der Waals surface area contributed by atoms with Crippen LogP contribution < -0.4 is 16.4 Å². The van der Waals surface area contributed by atoms with Crippen molar-refractivity contribution in [3.05, 3.63) is 82.7 Å². The van der Waals surface area contributed by atoms with E-state index in [1.807, 2.05) is 48.5 Å². The number of hydrogen-bond acceptors (Lipinski definition) is 5. The van der Waals surface area contributed by atoms with Crippen LogP contribution in [0.5, 0.6) is 0 Å². The molecule has 0 bridgehead atoms. The molecule has 6 nitrogen and oxygen atoms in total. The van der Waals surface area contributed by atoms with Crippen LogP contribution in [0.1, 0.15) is 67.0 Å². The first kappa shape index (κ1) is 27.6. The van der Waals surface area contributed by atoms with Crippen molar-refractivity contribution in [1.82, 2.24) is 15.3 Å². The SMILES string of the molecule is C.NC(=O)C1(c2ccccc2CCc2nc(Nc3ccc(C4CCNCC4)cc3)ncc2C(F)(F)F)CC1. The summed E-state index contributed by atoms with van der Waals surface area (Å²) >= 11 is 0. The summed E-state index contributed by atoms with van der Waals surface area (Å²) in [6.07, 6.45) is 0.1000. The number of amides is 1. The molecule has 0 spiro atoms. The van der Waals surface area contributed by atoms with E-state index in [1.54, 1.807) is 0 Å². The van der Waals surface area contributed by atoms with Gasteiger partial charge in [-0.15, -0.1) is 0 Å². The predicted octanol–water partition coefficient (Wildman–Crippen LogP) is 5.64. The van der Waals surface area contributed by atoms with Crippen LogP contribution in [0.3, 0.4) is 0 Å². The summed E-state index contributed by atoms with van der Waals surface area (Å²) in [4.78, 5) is 20.3. The number of nitrogens with one attached hydrogen (secondary N) is 2. The molecular weight excluding hydrogens is 491 g/mol. The van der Waals surface area contributed by atoms with Crippen molar-refractivity contribution in [1.29, 1.82) is 0 Å². The number of hydrogen-bond donors (Lipinski definition) is 3. The Morgan fingerprint density at radius 3 is 2.37 bits per heavy atom. The number of alkyl halides is 3. The smallest absolute Gasteiger partial charge is 0.369 e. The first-order valence-corrected chi connectivity index (χ1v) is 12.7. The molecule has 2 aliphatic rings. The topological polar surface area (TPSA) is 92.9 Å². The van der Waals surface area contributed by atoms with Crippen LogP contribution in [0.2, 0.25) is 0 Å². The first-order valence-electron chi connectivity index (χ1n) is 12.7. The average molecular weight is 526 g/mol. The Kier molecular flexibility index (Phi) is 8.06. The maximum Gasteiger partial charge on any atom is 0.419 e. The second-order valence-electron chi connectivity index (χ2n) is 9.93. The lowest BCUT2D eigenvalue weighted by Gasteiger charge is -2.23. The monoisotopic (exact) mass is 525 g/mol. The Labute approximate surface area is 221 Å². The van der Waals surface area contributed by atoms with Crippen molar-refractivity contribution in [3.8, 4) is 0 Å². The van der Waals surface area contributed by atoms with Crippen molar-refractivity contribution in [2.24, 2.45) is 5.73 Å². The molecule has 2 fully saturated rings. The van der Waals surface area contributed by atoms with E-state index >= 15 is 0 Å². The molecule has 202 valence electrons. The molecule has 1 amide bonds. The third-order valence-electron chi connectivity index (χ3n) is 7.54. The predicted molar refractivity (Wildman–Crippen MR) is 142 cm³/mol. The molecule has 0 unspecified atom stereocenters. The standard InChI is InChI=1S/C28H30F3N5O.CH4/c29-28(30,31)23-17-34-26(35-21-8-5-18(6-9-21)19-11-15-33-16-12-19)36-24(23)10-7-20-3-1-2-4-22(20)27(13-14-27)25(32)37;/h1-6,8-9,17,19,33H,7,10-16H2,(H2,32,37)(H,34,35,36);1H4. The summed E-state index contributed by atoms with van der Waals surface area (Å²) in [5, 5.41) is 6.41. The second kappa shape index (κ2) is 11.1. The highest BCUT2D eigenvalue weighted by molar-refractivity contribution is 5.90. The number of aryl methyl sites for hydroxylation is 2. The molecule has 1 aromatic heterocycles. The highest BCUT2D eigenvalue weighted by Gasteiger charge is 2.50. The van der Waals surface area contributed by atoms with Gasteiger partial charge < -0.3 is 16.4 Å². The van der Waals surface area contributed by atoms with Gasteiger partial charge in [0.1, 0.15) is 0 Å². The molecule has 4 N–H and O–H groups in total. The Morgan fingerprint density at radius 1 is 1.05 bits per heavy atom. The number of rotatable bonds is 8. The number of nitrogens with zero attached hydrogens (tertiary/aromatic N) is 2. The van der Waals surface area contributed by atoms with E-state index in [0.29, 0.717) is 30.9 Å². The number of benzene rings is 2. The Morgan fingerprint density at radius 2 is 1.74 bits per heavy atom. The van der Waals surface area contributed by atoms with Gasteiger partial charge in [0.15, 0.2) is 0 Å². The number of carbonyl (C=O) groups is 1. The Bertz CT molecular complexity index is 1270. The quantitative estimate of drug-likeness (QED) is 0.354. The van der Waals surface area contributed by atoms with Gasteiger partial charge >= 0.3 is 6.18 Å². The summed E-state index contributed by atoms with van der Waals surface area (Å²) in [6.45, 7) is 2.00. The number of carbonyl (C=O) groups excluding carboxylic acids is 1. The van der Waals surface area contributed by atoms with Crippen LogP contribution in [-0.4, -0.2) is 29.0 Å². The molecule has 0 radical (unpaired) electrons. The van der Waals surface area contributed by atoms with Crippen LogP contribution in [0.4, 0.5) is 24.8 Å². The number of primary amides is 1. The zero-order chi connectivity index (χ0) is 26.0. The lowest BCUT2D eigenvalue weighted by Crippen LogP contribution is -2.29. The fraction of sp³-hybridized carbons (Fsp3) is 0.414. The van der Waals surface area contributed by atoms with E-state index in [9.17, 15) is 18.0 Å². The summed E-state index contributed by atoms with van der Waals surface area (Å²) < 4.78 is 41.3. The zero-order valence-corrected chi connectivity index (χ0v) is 20.4. The minimum absolute atomic E-state index is 0. The first-order chi connectivity index (χ1) is 17.8. The lowest BCUT2D eigenvalue weighted by atomic mass is 9.88. The fourth-order valence-electron chi connectivity index (χ4n) is 5.26. The van der Waals surface area contributed by atoms with Crippen molar-refractivity contribution in [2.75, 3.05) is 18.4 Å². The van der Waals surface area contributed by atoms with E-state index in [0.717, 1.165) is 43.3 Å². The van der Waals surface area contributed by atoms with Gasteiger partial charge in [-0.3, -0.25) is 4.79 Å². The van der Waals surface area contributed by atoms with Crippen LogP contribution in [0.25, 0.3) is 0 Å². The van der Waals surface area contributed by atoms with Gasteiger partial charge in [0.25, 0.3) is 0 Å². The highest BCUT2D eigenvalue weighted by Crippen LogP contribution is 2.49. The average Bonchev–Trinajstić information content (AvgIpc) is 3.70. The number of halogens is 3. The second-order valence-corrected chi connectivity index (χ2v) is 9.93. The van der Waals surface area contributed by atoms with Crippen molar-refractivity contribution in [2.45, 2.75) is 63.5 Å². The van der Waals surface area contributed by atoms with Gasteiger partial charge in [-0.05, 0) is 86.4 Å². The molecular formula is C29H34F3N5O. The van der Waals surface area contributed by atoms with Crippen molar-refractivity contribution in [3.63, 3.8) is 0 Å². The molecule has 3 aromatic rings. The summed E-state index contributed by atoms with van der Waals surface area (Å²) in [7, 11) is 0. The Hall–Kier alpha value is -3.46. The van der Waals surface area contributed by atoms with Crippen molar-refractivity contribution < 1.29 is 18.0 Å². The molecule has 2 aromatic carbocycles. The molecule has 38 heavy (non-hydrogen) atoms. The largest absolute Gasteiger partial charge is 0.419 e. The van der Waals surface area contributed by atoms with E-state index in [1.165, 1.54) is 5.56 Å². The molecule has 5 rings (SSSR count). The zero-order valence-electron chi connectivity index (χ0n) is 20.4. The van der Waals surface area contributed by atoms with E-state index in [-0.39, 0.29) is 25.5 Å². The van der Waals surface area contributed by atoms with E-state index < -0.39 is 23.1 Å². The van der Waals surface area contributed by atoms with Crippen LogP contribution in [0, 0.1) is 0 Å². The normalized spacial score (nSPS) is 16.9. The summed E-state index contributed by atoms with van der Waals surface area (Å²) in [5.41, 5.74) is 7.58. The van der Waals surface area contributed by atoms with Gasteiger partial charge in [0.05, 0.1) is 16.7 Å². The number of nitrogens with two attached hydrogens (primary N) is 1. The number of anilines is 2. The van der Waals surface area contributed by atoms with Crippen molar-refractivity contribution >= 4 is 17.5 Å². The minimum atomic E-state index is -4.57. The van der Waals surface area contributed by atoms with E-state index in [2.05, 4.69) is 20.6 Å². The van der Waals surface area contributed by atoms with Gasteiger partial charge in [-0.1, -0.05) is 43.8 Å². The Balaban J connectivity index is 0.00000336. The molecule has 0 atom stereocenters. The summed E-state index contributed by atoms with van der Waals surface area (Å²) in [6, 6.07) is 15.3. The molecule has 1 saturated carbocycles. The van der Waals surface area contributed by atoms with Gasteiger partial charge in [-0.25, -0.2) is 9.97 Å². The van der Waals surface area contributed by atoms with Crippen LogP contribution in [-0.2, 0) is 29.2 Å². The third kappa shape index (κ3) is 5.83. The molecule has 2 heterocycles. The van der Waals surface area contributed by atoms with Gasteiger partial charge in [0.2, 0.25) is 11.9 Å². The van der Waals surface area contributed by atoms with Gasteiger partial charge in [-0.2, -0.15) is 13.2 Å². The maximum atomic E-state index is 13.8. The number of piperidine rings is 1. The maximum absolute atomic E-state index is 13.8. The van der Waals surface area contributed by atoms with E-state index in [4.69, 9.17) is 5.73 Å². The molecule has 9 heteroatoms. The lowest BCUT2D eigenvalue weighted by molar-refractivity contribution is -0.138. The number of aromatic nitrogens is 2. The van der Waals surface area contributed by atoms with Crippen LogP contribution >= 0.6 is 0 Å².